The quantitative estimate of drug-likeness (QED) is 0.667. The van der Waals surface area contributed by atoms with Gasteiger partial charge in [0.15, 0.2) is 0 Å². The molecular formula is C15H17BrN4O2. The SMILES string of the molecule is NCC1CCCN(c2c([N+](=O)[O-])cnc3ccc(Br)cc23)C1. The minimum Gasteiger partial charge on any atom is -0.365 e. The van der Waals surface area contributed by atoms with Gasteiger partial charge in [-0.3, -0.25) is 10.1 Å². The van der Waals surface area contributed by atoms with Crippen LogP contribution in [0.15, 0.2) is 28.9 Å². The molecule has 0 spiro atoms. The Morgan fingerprint density at radius 3 is 3.05 bits per heavy atom. The van der Waals surface area contributed by atoms with Crippen LogP contribution >= 0.6 is 15.9 Å². The molecule has 1 aliphatic rings. The van der Waals surface area contributed by atoms with Gasteiger partial charge in [-0.05, 0) is 43.5 Å². The predicted molar refractivity (Wildman–Crippen MR) is 90.1 cm³/mol. The summed E-state index contributed by atoms with van der Waals surface area (Å²) >= 11 is 3.44. The molecule has 1 aromatic heterocycles. The lowest BCUT2D eigenvalue weighted by Crippen LogP contribution is -2.38. The number of hydrogen-bond acceptors (Lipinski definition) is 5. The zero-order valence-electron chi connectivity index (χ0n) is 12.0. The number of fused-ring (bicyclic) bond motifs is 1. The highest BCUT2D eigenvalue weighted by Gasteiger charge is 2.27. The number of halogens is 1. The van der Waals surface area contributed by atoms with E-state index in [1.54, 1.807) is 0 Å². The Bertz CT molecular complexity index is 722. The third-order valence-corrected chi connectivity index (χ3v) is 4.64. The Morgan fingerprint density at radius 2 is 2.32 bits per heavy atom. The summed E-state index contributed by atoms with van der Waals surface area (Å²) in [7, 11) is 0. The van der Waals surface area contributed by atoms with Crippen molar-refractivity contribution in [2.75, 3.05) is 24.5 Å². The van der Waals surface area contributed by atoms with Gasteiger partial charge < -0.3 is 10.6 Å². The topological polar surface area (TPSA) is 85.3 Å². The summed E-state index contributed by atoms with van der Waals surface area (Å²) in [6, 6.07) is 5.66. The van der Waals surface area contributed by atoms with Crippen molar-refractivity contribution in [3.05, 3.63) is 39.0 Å². The van der Waals surface area contributed by atoms with E-state index in [0.29, 0.717) is 18.2 Å². The van der Waals surface area contributed by atoms with E-state index >= 15 is 0 Å². The van der Waals surface area contributed by atoms with Crippen LogP contribution in [0, 0.1) is 16.0 Å². The lowest BCUT2D eigenvalue weighted by atomic mass is 9.97. The van der Waals surface area contributed by atoms with E-state index in [2.05, 4.69) is 25.8 Å². The molecular weight excluding hydrogens is 348 g/mol. The van der Waals surface area contributed by atoms with E-state index in [4.69, 9.17) is 5.73 Å². The van der Waals surface area contributed by atoms with Crippen LogP contribution in [0.5, 0.6) is 0 Å². The van der Waals surface area contributed by atoms with Gasteiger partial charge in [0.2, 0.25) is 0 Å². The third kappa shape index (κ3) is 2.78. The summed E-state index contributed by atoms with van der Waals surface area (Å²) in [5, 5.41) is 12.3. The summed E-state index contributed by atoms with van der Waals surface area (Å²) in [6.45, 7) is 2.17. The molecule has 1 atom stereocenters. The number of piperidine rings is 1. The highest BCUT2D eigenvalue weighted by molar-refractivity contribution is 9.10. The van der Waals surface area contributed by atoms with Crippen LogP contribution in [0.25, 0.3) is 10.9 Å². The molecule has 6 nitrogen and oxygen atoms in total. The highest BCUT2D eigenvalue weighted by Crippen LogP contribution is 2.38. The second-order valence-corrected chi connectivity index (χ2v) is 6.52. The molecule has 0 bridgehead atoms. The van der Waals surface area contributed by atoms with Gasteiger partial charge in [0.05, 0.1) is 10.4 Å². The number of rotatable bonds is 3. The van der Waals surface area contributed by atoms with E-state index < -0.39 is 0 Å². The average Bonchev–Trinajstić information content (AvgIpc) is 2.53. The Hall–Kier alpha value is -1.73. The van der Waals surface area contributed by atoms with Crippen LogP contribution in [-0.2, 0) is 0 Å². The van der Waals surface area contributed by atoms with Gasteiger partial charge in [-0.25, -0.2) is 4.98 Å². The molecule has 7 heteroatoms. The maximum atomic E-state index is 11.4. The van der Waals surface area contributed by atoms with Gasteiger partial charge in [-0.1, -0.05) is 15.9 Å². The van der Waals surface area contributed by atoms with Crippen molar-refractivity contribution in [2.24, 2.45) is 11.7 Å². The first-order valence-corrected chi connectivity index (χ1v) is 8.07. The number of pyridine rings is 1. The van der Waals surface area contributed by atoms with Crippen molar-refractivity contribution in [1.29, 1.82) is 0 Å². The fraction of sp³-hybridized carbons (Fsp3) is 0.400. The average molecular weight is 365 g/mol. The van der Waals surface area contributed by atoms with E-state index in [9.17, 15) is 10.1 Å². The second-order valence-electron chi connectivity index (χ2n) is 5.60. The van der Waals surface area contributed by atoms with Crippen molar-refractivity contribution in [2.45, 2.75) is 12.8 Å². The normalized spacial score (nSPS) is 18.6. The van der Waals surface area contributed by atoms with E-state index in [-0.39, 0.29) is 10.6 Å². The molecule has 1 aliphatic heterocycles. The lowest BCUT2D eigenvalue weighted by molar-refractivity contribution is -0.384. The Kier molecular flexibility index (Phi) is 4.26. The maximum absolute atomic E-state index is 11.4. The first kappa shape index (κ1) is 15.2. The van der Waals surface area contributed by atoms with Gasteiger partial charge in [0, 0.05) is 22.9 Å². The van der Waals surface area contributed by atoms with Gasteiger partial charge in [0.1, 0.15) is 11.9 Å². The number of nitrogens with two attached hydrogens (primary N) is 1. The van der Waals surface area contributed by atoms with Crippen molar-refractivity contribution in [1.82, 2.24) is 4.98 Å². The van der Waals surface area contributed by atoms with Crippen LogP contribution in [0.2, 0.25) is 0 Å². The van der Waals surface area contributed by atoms with Crippen LogP contribution < -0.4 is 10.6 Å². The molecule has 2 aromatic rings. The summed E-state index contributed by atoms with van der Waals surface area (Å²) in [4.78, 5) is 17.4. The van der Waals surface area contributed by atoms with Gasteiger partial charge in [-0.2, -0.15) is 0 Å². The van der Waals surface area contributed by atoms with Crippen molar-refractivity contribution in [3.63, 3.8) is 0 Å². The van der Waals surface area contributed by atoms with Gasteiger partial charge >= 0.3 is 5.69 Å². The zero-order chi connectivity index (χ0) is 15.7. The number of nitro groups is 1. The largest absolute Gasteiger partial charge is 0.365 e. The molecule has 1 fully saturated rings. The molecule has 0 amide bonds. The summed E-state index contributed by atoms with van der Waals surface area (Å²) < 4.78 is 0.885. The molecule has 116 valence electrons. The third-order valence-electron chi connectivity index (χ3n) is 4.15. The Morgan fingerprint density at radius 1 is 1.50 bits per heavy atom. The summed E-state index contributed by atoms with van der Waals surface area (Å²) in [5.74, 6) is 0.378. The smallest absolute Gasteiger partial charge is 0.311 e. The monoisotopic (exact) mass is 364 g/mol. The molecule has 0 aliphatic carbocycles. The van der Waals surface area contributed by atoms with E-state index in [0.717, 1.165) is 41.3 Å². The molecule has 1 saturated heterocycles. The van der Waals surface area contributed by atoms with Crippen molar-refractivity contribution >= 4 is 38.2 Å². The first-order valence-electron chi connectivity index (χ1n) is 7.28. The zero-order valence-corrected chi connectivity index (χ0v) is 13.6. The van der Waals surface area contributed by atoms with Crippen LogP contribution in [0.1, 0.15) is 12.8 Å². The molecule has 0 radical (unpaired) electrons. The van der Waals surface area contributed by atoms with Crippen LogP contribution in [0.3, 0.4) is 0 Å². The molecule has 2 heterocycles. The second kappa shape index (κ2) is 6.18. The molecule has 3 rings (SSSR count). The fourth-order valence-electron chi connectivity index (χ4n) is 3.07. The standard InChI is InChI=1S/C15H17BrN4O2/c16-11-3-4-13-12(6-11)15(14(8-18-13)20(21)22)19-5-1-2-10(7-17)9-19/h3-4,6,8,10H,1-2,5,7,9,17H2. The number of nitrogens with zero attached hydrogens (tertiary/aromatic N) is 3. The van der Waals surface area contributed by atoms with E-state index in [1.165, 1.54) is 6.20 Å². The van der Waals surface area contributed by atoms with Crippen LogP contribution in [0.4, 0.5) is 11.4 Å². The Labute approximate surface area is 136 Å². The molecule has 0 saturated carbocycles. The minimum absolute atomic E-state index is 0.0586. The van der Waals surface area contributed by atoms with E-state index in [1.807, 2.05) is 18.2 Å². The predicted octanol–water partition coefficient (Wildman–Crippen LogP) is 3.08. The number of benzene rings is 1. The molecule has 22 heavy (non-hydrogen) atoms. The van der Waals surface area contributed by atoms with Crippen molar-refractivity contribution in [3.8, 4) is 0 Å². The first-order chi connectivity index (χ1) is 10.6. The lowest BCUT2D eigenvalue weighted by Gasteiger charge is -2.34. The fourth-order valence-corrected chi connectivity index (χ4v) is 3.43. The van der Waals surface area contributed by atoms with Gasteiger partial charge in [-0.15, -0.1) is 0 Å². The number of anilines is 1. The van der Waals surface area contributed by atoms with Gasteiger partial charge in [0.25, 0.3) is 0 Å². The number of hydrogen-bond donors (Lipinski definition) is 1. The van der Waals surface area contributed by atoms with Crippen LogP contribution in [-0.4, -0.2) is 29.5 Å². The summed E-state index contributed by atoms with van der Waals surface area (Å²) in [5.41, 5.74) is 7.28. The molecule has 1 aromatic carbocycles. The highest BCUT2D eigenvalue weighted by atomic mass is 79.9. The van der Waals surface area contributed by atoms with Crippen molar-refractivity contribution < 1.29 is 4.92 Å². The minimum atomic E-state index is -0.352. The molecule has 1 unspecified atom stereocenters. The molecule has 2 N–H and O–H groups in total. The number of aromatic nitrogens is 1. The summed E-state index contributed by atoms with van der Waals surface area (Å²) in [6.07, 6.45) is 3.43. The Balaban J connectivity index is 2.17. The maximum Gasteiger partial charge on any atom is 0.311 e.